The van der Waals surface area contributed by atoms with Crippen LogP contribution in [0, 0.1) is 81.8 Å². The number of nitrogens with one attached hydrogen (secondary N) is 3. The van der Waals surface area contributed by atoms with Crippen molar-refractivity contribution in [3.8, 4) is 0 Å². The summed E-state index contributed by atoms with van der Waals surface area (Å²) in [5, 5.41) is 122. The average Bonchev–Trinajstić information content (AvgIpc) is 1.52. The average molecular weight is 2020 g/mol. The Balaban J connectivity index is 0.00000110. The largest absolute Gasteiger partial charge is 3.00 e. The van der Waals surface area contributed by atoms with E-state index in [0.29, 0.717) is 56.4 Å². The van der Waals surface area contributed by atoms with Crippen LogP contribution in [0.2, 0.25) is 0 Å². The van der Waals surface area contributed by atoms with E-state index in [0.717, 1.165) is 16.0 Å². The molecule has 6 aliphatic rings. The van der Waals surface area contributed by atoms with Crippen LogP contribution in [0.3, 0.4) is 0 Å². The van der Waals surface area contributed by atoms with Crippen molar-refractivity contribution in [2.24, 2.45) is 106 Å². The second-order valence-corrected chi connectivity index (χ2v) is 38.6. The molecule has 47 nitrogen and oxygen atoms in total. The van der Waals surface area contributed by atoms with E-state index >= 15 is 0 Å². The number of primary amides is 6. The Labute approximate surface area is 832 Å². The number of nitrogens with two attached hydrogens (primary N) is 6. The molecule has 0 radical (unpaired) electrons. The van der Waals surface area contributed by atoms with E-state index in [1.54, 1.807) is 6.92 Å². The Hall–Kier alpha value is -9.65. The minimum atomic E-state index is -5.32. The number of benzene rings is 1. The second kappa shape index (κ2) is 52.0. The zero-order valence-corrected chi connectivity index (χ0v) is 83.6. The van der Waals surface area contributed by atoms with Crippen molar-refractivity contribution in [3.63, 3.8) is 0 Å². The van der Waals surface area contributed by atoms with Crippen molar-refractivity contribution >= 4 is 157 Å². The number of aromatic nitrogens is 2. The summed E-state index contributed by atoms with van der Waals surface area (Å²) in [5.74, 6) is -15.1. The SMILES string of the molecule is C/C1=C2N=C(/C=C3N=C(/C(C)=C4\[N-][C@@](C)([C@@H]5N=C1[C@](C)(CCC(=O)NCC(C)OP(=O)([O-])O[C@H]1[C@@H](O)[C@@H](n6cnc7cc(C)c(C)cc76)O[C@@H]1CO)[C@H]5CC(N)=O)[C@@](C)(CC(N)=O)[C@@H]4CCC(N)=O)[C@@](C)(CC(N)=O)[C@@H]\3CCC(N)=O)C(C)(C)[C@@H]/2CCC(N)=O.CC(C)(CO)[C@@H](O)C(=O)NCCC(=O)[O-].CC(C)(CO)[C@@H](O)C(=O)NCCC(=O)[O-].O=C(O)CN(CC(=O)O)CC(=O)O.[C-]#N.[Ca+2].[Co+3]. The fourth-order valence-corrected chi connectivity index (χ4v) is 18.8. The molecule has 0 spiro atoms. The van der Waals surface area contributed by atoms with Crippen LogP contribution in [0.4, 0.5) is 0 Å². The van der Waals surface area contributed by atoms with Gasteiger partial charge in [-0.15, -0.1) is 0 Å². The molecule has 758 valence electrons. The van der Waals surface area contributed by atoms with Gasteiger partial charge in [0, 0.05) is 163 Å². The summed E-state index contributed by atoms with van der Waals surface area (Å²) >= 11 is 0. The monoisotopic (exact) mass is 2020 g/mol. The predicted octanol–water partition coefficient (Wildman–Crippen LogP) is -3.19. The number of aliphatic carboxylic acids is 5. The number of carbonyl (C=O) groups is 14. The number of rotatable bonds is 44. The Morgan fingerprint density at radius 2 is 1.14 bits per heavy atom. The molecule has 2 saturated heterocycles. The number of phosphoric acid groups is 1. The molecule has 24 N–H and O–H groups in total. The van der Waals surface area contributed by atoms with Crippen molar-refractivity contribution in [1.82, 2.24) is 30.4 Å². The molecule has 9 amide bonds. The van der Waals surface area contributed by atoms with Gasteiger partial charge in [-0.1, -0.05) is 74.8 Å². The summed E-state index contributed by atoms with van der Waals surface area (Å²) in [6, 6.07) is 2.65. The maximum atomic E-state index is 14.4. The number of amides is 9. The number of carbonyl (C=O) groups excluding carboxylic acids is 11. The number of allylic oxidation sites excluding steroid dienone is 6. The van der Waals surface area contributed by atoms with Crippen LogP contribution in [-0.2, 0) is 102 Å². The molecule has 1 aromatic heterocycles. The third-order valence-electron chi connectivity index (χ3n) is 25.6. The van der Waals surface area contributed by atoms with Gasteiger partial charge in [0.25, 0.3) is 7.82 Å². The summed E-state index contributed by atoms with van der Waals surface area (Å²) in [7, 11) is -5.32. The number of carboxylic acids is 5. The van der Waals surface area contributed by atoms with Gasteiger partial charge in [-0.05, 0) is 118 Å². The van der Waals surface area contributed by atoms with E-state index in [1.807, 2.05) is 80.5 Å². The molecular weight excluding hydrogens is 1890 g/mol. The summed E-state index contributed by atoms with van der Waals surface area (Å²) in [6.45, 7) is 27.1. The number of nitrogens with zero attached hydrogens (tertiary/aromatic N) is 8. The van der Waals surface area contributed by atoms with E-state index in [9.17, 15) is 107 Å². The molecule has 1 aromatic carbocycles. The molecule has 6 aliphatic heterocycles. The van der Waals surface area contributed by atoms with Gasteiger partial charge in [-0.3, -0.25) is 82.0 Å². The number of carboxylic acid groups (broad SMARTS) is 5. The van der Waals surface area contributed by atoms with Gasteiger partial charge in [0.2, 0.25) is 53.2 Å². The fraction of sp³-hybridized carbons (Fsp3) is 0.644. The van der Waals surface area contributed by atoms with E-state index in [-0.39, 0.29) is 171 Å². The Kier molecular flexibility index (Phi) is 46.9. The summed E-state index contributed by atoms with van der Waals surface area (Å²) in [5.41, 5.74) is 34.8. The van der Waals surface area contributed by atoms with Gasteiger partial charge in [0.05, 0.1) is 62.9 Å². The first kappa shape index (κ1) is 123. The number of ether oxygens (including phenoxy) is 1. The number of hydrogen-bond acceptors (Lipinski definition) is 33. The molecule has 8 rings (SSSR count). The predicted molar refractivity (Wildman–Crippen MR) is 481 cm³/mol. The number of aliphatic imine (C=N–C) groups is 3. The zero-order valence-electron chi connectivity index (χ0n) is 79.4. The Bertz CT molecular complexity index is 4950. The molecule has 2 unspecified atom stereocenters. The van der Waals surface area contributed by atoms with Gasteiger partial charge in [-0.25, -0.2) is 4.98 Å². The first-order valence-corrected chi connectivity index (χ1v) is 44.6. The number of fused-ring (bicyclic) bond motifs is 7. The first-order chi connectivity index (χ1) is 62.4. The molecule has 8 bridgehead atoms. The number of imidazole rings is 1. The zero-order chi connectivity index (χ0) is 103. The third-order valence-corrected chi connectivity index (χ3v) is 26.7. The molecule has 0 saturated carbocycles. The van der Waals surface area contributed by atoms with Crippen LogP contribution in [0.25, 0.3) is 16.4 Å². The normalized spacial score (nSPS) is 26.4. The maximum Gasteiger partial charge on any atom is 3.00 e. The van der Waals surface area contributed by atoms with Gasteiger partial charge in [-0.2, -0.15) is 5.70 Å². The van der Waals surface area contributed by atoms with Gasteiger partial charge in [0.15, 0.2) is 6.23 Å². The van der Waals surface area contributed by atoms with E-state index in [2.05, 4.69) is 20.9 Å². The molecular formula is C87H129CaCoN17O30P. The number of hydrogen-bond donors (Lipinski definition) is 18. The Morgan fingerprint density at radius 3 is 1.58 bits per heavy atom. The maximum absolute atomic E-state index is 14.4. The topological polar surface area (TPSA) is 823 Å². The van der Waals surface area contributed by atoms with Gasteiger partial charge in [0.1, 0.15) is 30.5 Å². The molecule has 17 atom stereocenters. The van der Waals surface area contributed by atoms with Crippen molar-refractivity contribution in [2.75, 3.05) is 59.1 Å². The van der Waals surface area contributed by atoms with Crippen molar-refractivity contribution < 1.29 is 163 Å². The van der Waals surface area contributed by atoms with Crippen LogP contribution < -0.4 is 65.5 Å². The molecule has 7 heterocycles. The quantitative estimate of drug-likeness (QED) is 0.0177. The molecule has 0 aliphatic carbocycles. The van der Waals surface area contributed by atoms with Crippen LogP contribution in [0.5, 0.6) is 0 Å². The van der Waals surface area contributed by atoms with Crippen molar-refractivity contribution in [3.05, 3.63) is 75.8 Å². The van der Waals surface area contributed by atoms with E-state index < -0.39 is 228 Å². The summed E-state index contributed by atoms with van der Waals surface area (Å²) in [4.78, 5) is 202. The minimum absolute atomic E-state index is 0. The van der Waals surface area contributed by atoms with E-state index in [4.69, 9.17) is 106 Å². The van der Waals surface area contributed by atoms with Crippen LogP contribution in [0.1, 0.15) is 191 Å². The smallest absolute Gasteiger partial charge is 0.756 e. The van der Waals surface area contributed by atoms with E-state index in [1.165, 1.54) is 45.5 Å². The minimum Gasteiger partial charge on any atom is -0.756 e. The fourth-order valence-electron chi connectivity index (χ4n) is 17.7. The third kappa shape index (κ3) is 31.9. The molecule has 50 heteroatoms. The molecule has 2 fully saturated rings. The first-order valence-electron chi connectivity index (χ1n) is 43.2. The van der Waals surface area contributed by atoms with Crippen molar-refractivity contribution in [2.45, 2.75) is 242 Å². The number of aliphatic hydroxyl groups is 6. The Morgan fingerprint density at radius 1 is 0.664 bits per heavy atom. The van der Waals surface area contributed by atoms with Gasteiger partial charge >= 0.3 is 72.4 Å². The van der Waals surface area contributed by atoms with Crippen LogP contribution in [0.15, 0.2) is 67.8 Å². The molecule has 137 heavy (non-hydrogen) atoms. The number of aryl methyl sites for hydroxylation is 2. The number of phosphoric ester groups is 1. The molecule has 2 aromatic rings. The van der Waals surface area contributed by atoms with Crippen LogP contribution >= 0.6 is 7.82 Å². The number of aliphatic hydroxyl groups excluding tert-OH is 6. The van der Waals surface area contributed by atoms with Gasteiger partial charge < -0.3 is 157 Å². The second-order valence-electron chi connectivity index (χ2n) is 37.2. The summed E-state index contributed by atoms with van der Waals surface area (Å²) in [6.07, 6.45) is -8.15. The summed E-state index contributed by atoms with van der Waals surface area (Å²) < 4.78 is 31.9. The standard InChI is InChI=1S/C62H90N13O14P.2C9H17NO5.C6H9NO6.CN.Ca.Co/c1-29-20-39-40(21-30(29)2)75(28-70-39)57-52(84)53(41(27-76)87-57)89-90(85,86)88-31(3)26-69-49(83)18-19-59(8)37(22-46(66)80)56-62(11)61(10,25-48(68)82)36(14-17-45(65)79)51(74-62)33(5)55-60(9,24-47(67)81)34(12-15-43(63)77)38(71-55)23-42-58(6,7)35(13-16-44(64)78)50(72-42)32(4)54(59)73-56;2*1-9(2,5-11)7(14)8(15)10-4-3-6(12)13;8-4(9)1-7(2-5(10)11)3-6(12)13;1-2;;/h20-21,23,28,31,34-37,41,52-53,56-57,76,84H,12-19,22,24-27H2,1-11H3,(H15,63,64,65,66,67,68,69,71,72,73,74,77,78,79,80,81,82,83,85,86);2*7,11,14H,3-5H2,1-2H3,(H,10,15)(H,12,13);1-3H2,(H,8,9)(H,10,11)(H,12,13);;;/q;;;;-1;+2;+3/p-4/t31?,34-,35-,36-,37+,41-,52-,53-,56-,57+,59-,60+,61+,62+;2*7-;;;;/m100..../s1. The van der Waals surface area contributed by atoms with Crippen LogP contribution in [-0.4, -0.2) is 306 Å². The van der Waals surface area contributed by atoms with Crippen molar-refractivity contribution in [1.29, 1.82) is 5.26 Å².